The number of likely N-dealkylation sites (tertiary alicyclic amines) is 1. The molecule has 122 valence electrons. The Balaban J connectivity index is 1.48. The predicted octanol–water partition coefficient (Wildman–Crippen LogP) is 2.54. The van der Waals surface area contributed by atoms with Gasteiger partial charge in [-0.25, -0.2) is 9.18 Å². The van der Waals surface area contributed by atoms with Crippen LogP contribution in [-0.4, -0.2) is 43.7 Å². The maximum Gasteiger partial charge on any atom is 0.314 e. The van der Waals surface area contributed by atoms with Crippen molar-refractivity contribution in [2.24, 2.45) is 0 Å². The predicted molar refractivity (Wildman–Crippen MR) is 86.4 cm³/mol. The molecule has 0 aliphatic carbocycles. The first-order chi connectivity index (χ1) is 10.8. The molecule has 1 aliphatic rings. The number of nitrogens with zero attached hydrogens (tertiary/aromatic N) is 1. The zero-order valence-corrected chi connectivity index (χ0v) is 13.1. The molecule has 2 amide bonds. The van der Waals surface area contributed by atoms with Gasteiger partial charge in [0.1, 0.15) is 5.82 Å². The molecule has 0 aromatic heterocycles. The van der Waals surface area contributed by atoms with Gasteiger partial charge in [-0.2, -0.15) is 0 Å². The summed E-state index contributed by atoms with van der Waals surface area (Å²) < 4.78 is 13.4. The third-order valence-corrected chi connectivity index (χ3v) is 4.02. The van der Waals surface area contributed by atoms with Crippen LogP contribution in [0.15, 0.2) is 24.3 Å². The molecule has 2 rings (SSSR count). The van der Waals surface area contributed by atoms with E-state index in [4.69, 9.17) is 0 Å². The quantitative estimate of drug-likeness (QED) is 0.725. The van der Waals surface area contributed by atoms with E-state index in [1.165, 1.54) is 32.0 Å². The average Bonchev–Trinajstić information content (AvgIpc) is 3.02. The fourth-order valence-electron chi connectivity index (χ4n) is 2.74. The molecule has 5 heteroatoms. The lowest BCUT2D eigenvalue weighted by Gasteiger charge is -2.14. The summed E-state index contributed by atoms with van der Waals surface area (Å²) >= 11 is 0. The number of unbranched alkanes of at least 4 members (excludes halogenated alkanes) is 1. The molecule has 0 radical (unpaired) electrons. The van der Waals surface area contributed by atoms with Crippen LogP contribution in [0.5, 0.6) is 0 Å². The van der Waals surface area contributed by atoms with Gasteiger partial charge >= 0.3 is 6.03 Å². The van der Waals surface area contributed by atoms with Gasteiger partial charge in [0.2, 0.25) is 0 Å². The Morgan fingerprint density at radius 2 is 1.82 bits per heavy atom. The Morgan fingerprint density at radius 1 is 1.09 bits per heavy atom. The minimum absolute atomic E-state index is 0.169. The van der Waals surface area contributed by atoms with Crippen molar-refractivity contribution in [3.05, 3.63) is 35.6 Å². The molecule has 0 unspecified atom stereocenters. The van der Waals surface area contributed by atoms with Gasteiger partial charge in [-0.1, -0.05) is 18.2 Å². The van der Waals surface area contributed by atoms with Crippen LogP contribution in [0, 0.1) is 5.82 Å². The van der Waals surface area contributed by atoms with Gasteiger partial charge in [0, 0.05) is 13.1 Å². The van der Waals surface area contributed by atoms with Crippen molar-refractivity contribution in [2.45, 2.75) is 32.1 Å². The Labute approximate surface area is 132 Å². The standard InChI is InChI=1S/C17H26FN3O/c18-16-8-2-1-7-15(16)9-11-20-17(22)19-10-3-4-12-21-13-5-6-14-21/h1-2,7-8H,3-6,9-14H2,(H2,19,20,22). The molecule has 4 nitrogen and oxygen atoms in total. The molecule has 0 atom stereocenters. The maximum atomic E-state index is 13.4. The Kier molecular flexibility index (Phi) is 7.16. The third kappa shape index (κ3) is 6.02. The van der Waals surface area contributed by atoms with Crippen molar-refractivity contribution < 1.29 is 9.18 Å². The number of nitrogens with one attached hydrogen (secondary N) is 2. The lowest BCUT2D eigenvalue weighted by Crippen LogP contribution is -2.37. The van der Waals surface area contributed by atoms with Crippen molar-refractivity contribution >= 4 is 6.03 Å². The number of urea groups is 1. The van der Waals surface area contributed by atoms with E-state index in [1.807, 2.05) is 0 Å². The number of rotatable bonds is 8. The first kappa shape index (κ1) is 16.7. The highest BCUT2D eigenvalue weighted by Gasteiger charge is 2.10. The molecule has 2 N–H and O–H groups in total. The lowest BCUT2D eigenvalue weighted by atomic mass is 10.1. The Morgan fingerprint density at radius 3 is 2.59 bits per heavy atom. The fraction of sp³-hybridized carbons (Fsp3) is 0.588. The minimum atomic E-state index is -0.216. The third-order valence-electron chi connectivity index (χ3n) is 4.02. The zero-order valence-electron chi connectivity index (χ0n) is 13.1. The summed E-state index contributed by atoms with van der Waals surface area (Å²) in [5, 5.41) is 5.61. The summed E-state index contributed by atoms with van der Waals surface area (Å²) in [6.45, 7) is 4.73. The molecule has 1 aromatic carbocycles. The minimum Gasteiger partial charge on any atom is -0.338 e. The molecule has 22 heavy (non-hydrogen) atoms. The van der Waals surface area contributed by atoms with Gasteiger partial charge < -0.3 is 15.5 Å². The second-order valence-corrected chi connectivity index (χ2v) is 5.78. The lowest BCUT2D eigenvalue weighted by molar-refractivity contribution is 0.240. The van der Waals surface area contributed by atoms with Gasteiger partial charge in [0.05, 0.1) is 0 Å². The molecule has 0 saturated carbocycles. The van der Waals surface area contributed by atoms with Gasteiger partial charge in [0.15, 0.2) is 0 Å². The highest BCUT2D eigenvalue weighted by Crippen LogP contribution is 2.08. The van der Waals surface area contributed by atoms with Crippen LogP contribution in [0.1, 0.15) is 31.2 Å². The molecule has 0 bridgehead atoms. The summed E-state index contributed by atoms with van der Waals surface area (Å²) in [5.41, 5.74) is 0.633. The summed E-state index contributed by atoms with van der Waals surface area (Å²) in [7, 11) is 0. The van der Waals surface area contributed by atoms with E-state index in [2.05, 4.69) is 15.5 Å². The number of carbonyl (C=O) groups is 1. The van der Waals surface area contributed by atoms with E-state index in [9.17, 15) is 9.18 Å². The largest absolute Gasteiger partial charge is 0.338 e. The van der Waals surface area contributed by atoms with Crippen molar-refractivity contribution in [3.8, 4) is 0 Å². The van der Waals surface area contributed by atoms with Crippen LogP contribution in [0.25, 0.3) is 0 Å². The van der Waals surface area contributed by atoms with E-state index in [0.29, 0.717) is 25.1 Å². The van der Waals surface area contributed by atoms with Crippen LogP contribution < -0.4 is 10.6 Å². The van der Waals surface area contributed by atoms with Crippen molar-refractivity contribution in [3.63, 3.8) is 0 Å². The van der Waals surface area contributed by atoms with Crippen LogP contribution in [0.2, 0.25) is 0 Å². The topological polar surface area (TPSA) is 44.4 Å². The fourth-order valence-corrected chi connectivity index (χ4v) is 2.74. The number of halogens is 1. The summed E-state index contributed by atoms with van der Waals surface area (Å²) in [6.07, 6.45) is 5.27. The van der Waals surface area contributed by atoms with Crippen LogP contribution in [0.4, 0.5) is 9.18 Å². The van der Waals surface area contributed by atoms with E-state index in [0.717, 1.165) is 19.4 Å². The van der Waals surface area contributed by atoms with Crippen molar-refractivity contribution in [1.82, 2.24) is 15.5 Å². The normalized spacial score (nSPS) is 15.0. The summed E-state index contributed by atoms with van der Waals surface area (Å²) in [6, 6.07) is 6.49. The first-order valence-corrected chi connectivity index (χ1v) is 8.23. The van der Waals surface area contributed by atoms with Crippen molar-refractivity contribution in [2.75, 3.05) is 32.7 Å². The van der Waals surface area contributed by atoms with Crippen molar-refractivity contribution in [1.29, 1.82) is 0 Å². The van der Waals surface area contributed by atoms with Crippen LogP contribution in [-0.2, 0) is 6.42 Å². The van der Waals surface area contributed by atoms with Gasteiger partial charge in [0.25, 0.3) is 0 Å². The highest BCUT2D eigenvalue weighted by atomic mass is 19.1. The molecular formula is C17H26FN3O. The molecule has 1 aromatic rings. The SMILES string of the molecule is O=C(NCCCCN1CCCC1)NCCc1ccccc1F. The Bertz CT molecular complexity index is 461. The molecular weight excluding hydrogens is 281 g/mol. The second-order valence-electron chi connectivity index (χ2n) is 5.78. The molecule has 1 saturated heterocycles. The number of hydrogen-bond acceptors (Lipinski definition) is 2. The van der Waals surface area contributed by atoms with Crippen LogP contribution >= 0.6 is 0 Å². The van der Waals surface area contributed by atoms with E-state index >= 15 is 0 Å². The van der Waals surface area contributed by atoms with Gasteiger partial charge in [-0.15, -0.1) is 0 Å². The molecule has 0 spiro atoms. The average molecular weight is 307 g/mol. The van der Waals surface area contributed by atoms with E-state index < -0.39 is 0 Å². The second kappa shape index (κ2) is 9.41. The van der Waals surface area contributed by atoms with Gasteiger partial charge in [-0.05, 0) is 63.4 Å². The van der Waals surface area contributed by atoms with Crippen LogP contribution in [0.3, 0.4) is 0 Å². The zero-order chi connectivity index (χ0) is 15.6. The monoisotopic (exact) mass is 307 g/mol. The highest BCUT2D eigenvalue weighted by molar-refractivity contribution is 5.73. The van der Waals surface area contributed by atoms with E-state index in [1.54, 1.807) is 18.2 Å². The number of benzene rings is 1. The molecule has 1 heterocycles. The maximum absolute atomic E-state index is 13.4. The first-order valence-electron chi connectivity index (χ1n) is 8.23. The summed E-state index contributed by atoms with van der Waals surface area (Å²) in [4.78, 5) is 14.1. The Hall–Kier alpha value is -1.62. The smallest absolute Gasteiger partial charge is 0.314 e. The van der Waals surface area contributed by atoms with E-state index in [-0.39, 0.29) is 11.8 Å². The molecule has 1 aliphatic heterocycles. The van der Waals surface area contributed by atoms with Gasteiger partial charge in [-0.3, -0.25) is 0 Å². The molecule has 1 fully saturated rings. The number of carbonyl (C=O) groups excluding carboxylic acids is 1. The summed E-state index contributed by atoms with van der Waals surface area (Å²) in [5.74, 6) is -0.216. The number of hydrogen-bond donors (Lipinski definition) is 2. The number of amides is 2.